The Bertz CT molecular complexity index is 134. The van der Waals surface area contributed by atoms with Crippen LogP contribution in [0, 0.1) is 30.6 Å². The molecule has 0 aliphatic carbocycles. The van der Waals surface area contributed by atoms with Gasteiger partial charge in [-0.05, 0) is 0 Å². The van der Waals surface area contributed by atoms with Crippen molar-refractivity contribution in [1.29, 1.82) is 0 Å². The van der Waals surface area contributed by atoms with Crippen LogP contribution in [0.15, 0.2) is 0 Å². The molecule has 0 aliphatic rings. The molecule has 1 radical (unpaired) electrons. The van der Waals surface area contributed by atoms with E-state index in [2.05, 4.69) is 0 Å². The monoisotopic (exact) mass is 514 g/mol. The van der Waals surface area contributed by atoms with Crippen molar-refractivity contribution in [2.45, 2.75) is 0 Å². The molecule has 8 nitrogen and oxygen atoms in total. The minimum Gasteiger partial charge on any atom is 2.00 e. The molecule has 0 aromatic carbocycles. The van der Waals surface area contributed by atoms with E-state index in [1.807, 2.05) is 0 Å². The van der Waals surface area contributed by atoms with E-state index in [1.54, 1.807) is 0 Å². The zero-order valence-corrected chi connectivity index (χ0v) is 12.0. The van der Waals surface area contributed by atoms with Gasteiger partial charge in [0.2, 0.25) is 0 Å². The van der Waals surface area contributed by atoms with E-state index >= 15 is 0 Å². The minimum atomic E-state index is -3.06. The summed E-state index contributed by atoms with van der Waals surface area (Å²) in [5.41, 5.74) is 0. The Hall–Kier alpha value is 0.768. The van der Waals surface area contributed by atoms with Crippen LogP contribution >= 0.6 is 37.7 Å². The second-order valence-electron chi connectivity index (χ2n) is 0.718. The van der Waals surface area contributed by atoms with Gasteiger partial charge in [-0.2, -0.15) is 0 Å². The number of hydrogen-bond acceptors (Lipinski definition) is 6. The van der Waals surface area contributed by atoms with E-state index in [9.17, 15) is 0 Å². The molecule has 0 fully saturated rings. The zero-order chi connectivity index (χ0) is 11.7. The average Bonchev–Trinajstić information content (AvgIpc) is 1.50. The van der Waals surface area contributed by atoms with Gasteiger partial charge >= 0.3 is 66.6 Å². The molecule has 0 saturated heterocycles. The molecule has 0 atom stereocenters. The Kier molecular flexibility index (Phi) is 23.7. The van der Waals surface area contributed by atoms with E-state index < -0.39 is 22.1 Å². The summed E-state index contributed by atoms with van der Waals surface area (Å²) in [5.74, 6) is 0. The third-order valence-electron chi connectivity index (χ3n) is 0. The van der Waals surface area contributed by atoms with Gasteiger partial charge in [-0.25, -0.2) is 0 Å². The van der Waals surface area contributed by atoms with Gasteiger partial charge in [-0.3, -0.25) is 0 Å². The minimum absolute atomic E-state index is 0. The van der Waals surface area contributed by atoms with Crippen LogP contribution in [0.4, 0.5) is 0 Å². The summed E-state index contributed by atoms with van der Waals surface area (Å²) >= 11 is -3.06. The molecule has 14 heteroatoms. The molecule has 0 saturated carbocycles. The van der Waals surface area contributed by atoms with E-state index in [-0.39, 0.29) is 17.1 Å². The van der Waals surface area contributed by atoms with Crippen molar-refractivity contribution in [3.63, 3.8) is 0 Å². The molecule has 0 rings (SSSR count). The van der Waals surface area contributed by atoms with Crippen molar-refractivity contribution in [2.75, 3.05) is 0 Å². The molecule has 14 heavy (non-hydrogen) atoms. The Morgan fingerprint density at radius 2 is 0.786 bits per heavy atom. The molecular weight excluding hydrogens is 516 g/mol. The standard InChI is InChI=1S/4ClH.Mn.2NO3.Pt/c;;;;;2*2-1(3)4;/h4*1H;;;;/q;;;;+2;2*-1;+4/p-4. The van der Waals surface area contributed by atoms with Gasteiger partial charge < -0.3 is 30.6 Å². The predicted molar refractivity (Wildman–Crippen MR) is 44.1 cm³/mol. The van der Waals surface area contributed by atoms with E-state index in [4.69, 9.17) is 68.3 Å². The number of hydrogen-bond donors (Lipinski definition) is 0. The SMILES string of the molecule is O=[N+]([O-])[O-].O=[N+]([O-])[O-].[Cl][Pt]([Cl])([Cl])[Cl].[Mn+2]. The van der Waals surface area contributed by atoms with Gasteiger partial charge in [-0.1, -0.05) is 0 Å². The van der Waals surface area contributed by atoms with Crippen LogP contribution in [-0.2, 0) is 29.0 Å². The molecule has 0 heterocycles. The Morgan fingerprint density at radius 3 is 0.786 bits per heavy atom. The Balaban J connectivity index is -0.0000000522. The van der Waals surface area contributed by atoms with Gasteiger partial charge in [0.15, 0.2) is 0 Å². The zero-order valence-electron chi connectivity index (χ0n) is 5.55. The van der Waals surface area contributed by atoms with E-state index in [1.165, 1.54) is 0 Å². The molecule has 91 valence electrons. The van der Waals surface area contributed by atoms with Crippen LogP contribution < -0.4 is 0 Å². The quantitative estimate of drug-likeness (QED) is 0.276. The maximum Gasteiger partial charge on any atom is 2.00 e. The summed E-state index contributed by atoms with van der Waals surface area (Å²) in [7, 11) is 20.0. The largest absolute Gasteiger partial charge is 2.00 e. The van der Waals surface area contributed by atoms with Gasteiger partial charge in [0.1, 0.15) is 0 Å². The van der Waals surface area contributed by atoms with Crippen LogP contribution in [0.1, 0.15) is 0 Å². The van der Waals surface area contributed by atoms with Crippen molar-refractivity contribution in [3.05, 3.63) is 30.6 Å². The fourth-order valence-electron chi connectivity index (χ4n) is 0. The first kappa shape index (κ1) is 24.1. The van der Waals surface area contributed by atoms with E-state index in [0.29, 0.717) is 0 Å². The number of halogens is 4. The molecule has 0 aromatic heterocycles. The van der Waals surface area contributed by atoms with Gasteiger partial charge in [0.25, 0.3) is 0 Å². The topological polar surface area (TPSA) is 132 Å². The van der Waals surface area contributed by atoms with Crippen molar-refractivity contribution in [1.82, 2.24) is 0 Å². The van der Waals surface area contributed by atoms with Crippen molar-refractivity contribution in [2.24, 2.45) is 0 Å². The number of rotatable bonds is 0. The Morgan fingerprint density at radius 1 is 0.786 bits per heavy atom. The van der Waals surface area contributed by atoms with Crippen LogP contribution in [0.2, 0.25) is 0 Å². The molecule has 0 amide bonds. The summed E-state index contributed by atoms with van der Waals surface area (Å²) in [5, 5.41) is 29.5. The first-order chi connectivity index (χ1) is 5.46. The molecule has 0 aromatic rings. The normalized spacial score (nSPS) is 8.86. The first-order valence-corrected chi connectivity index (χ1v) is 12.8. The summed E-state index contributed by atoms with van der Waals surface area (Å²) in [6.07, 6.45) is 0. The molecule has 0 aliphatic heterocycles. The Labute approximate surface area is 107 Å². The van der Waals surface area contributed by atoms with Crippen molar-refractivity contribution < 1.29 is 39.1 Å². The second-order valence-corrected chi connectivity index (χ2v) is 20.4. The maximum absolute atomic E-state index is 8.25. The summed E-state index contributed by atoms with van der Waals surface area (Å²) in [6.45, 7) is 0. The van der Waals surface area contributed by atoms with Crippen LogP contribution in [0.5, 0.6) is 0 Å². The molecule has 0 N–H and O–H groups in total. The summed E-state index contributed by atoms with van der Waals surface area (Å²) < 4.78 is 0. The summed E-state index contributed by atoms with van der Waals surface area (Å²) in [4.78, 5) is 16.5. The fourth-order valence-corrected chi connectivity index (χ4v) is 0. The van der Waals surface area contributed by atoms with Gasteiger partial charge in [0, 0.05) is 0 Å². The smallest absolute Gasteiger partial charge is 2.00 e. The second kappa shape index (κ2) is 13.8. The van der Waals surface area contributed by atoms with Gasteiger partial charge in [0.05, 0.1) is 10.2 Å². The fraction of sp³-hybridized carbons (Fsp3) is 0. The third-order valence-corrected chi connectivity index (χ3v) is 0. The predicted octanol–water partition coefficient (Wildman–Crippen LogP) is 2.27. The summed E-state index contributed by atoms with van der Waals surface area (Å²) in [6, 6.07) is 0. The molecular formula is Cl4MnN2O6Pt. The van der Waals surface area contributed by atoms with E-state index in [0.717, 1.165) is 0 Å². The van der Waals surface area contributed by atoms with Gasteiger partial charge in [-0.15, -0.1) is 0 Å². The average molecular weight is 516 g/mol. The molecule has 0 spiro atoms. The molecule has 0 unspecified atom stereocenters. The van der Waals surface area contributed by atoms with Crippen molar-refractivity contribution >= 4 is 37.7 Å². The first-order valence-electron chi connectivity index (χ1n) is 1.57. The maximum atomic E-state index is 8.25. The number of nitrogens with zero attached hydrogens (tertiary/aromatic N) is 2. The van der Waals surface area contributed by atoms with Crippen LogP contribution in [0.25, 0.3) is 0 Å². The van der Waals surface area contributed by atoms with Crippen molar-refractivity contribution in [3.8, 4) is 0 Å². The third kappa shape index (κ3) is 3000. The van der Waals surface area contributed by atoms with Crippen LogP contribution in [-0.4, -0.2) is 10.2 Å². The molecule has 0 bridgehead atoms. The van der Waals surface area contributed by atoms with Crippen LogP contribution in [0.3, 0.4) is 0 Å².